The van der Waals surface area contributed by atoms with Crippen molar-refractivity contribution in [2.75, 3.05) is 33.5 Å². The van der Waals surface area contributed by atoms with Gasteiger partial charge in [-0.2, -0.15) is 0 Å². The topological polar surface area (TPSA) is 54.0 Å². The quantitative estimate of drug-likeness (QED) is 0.258. The molecule has 16 heavy (non-hydrogen) atoms. The SMILES string of the molecule is C=C(COCCOC(C)OC)C(=O)OCC. The summed E-state index contributed by atoms with van der Waals surface area (Å²) in [5, 5.41) is 0. The molecule has 5 nitrogen and oxygen atoms in total. The van der Waals surface area contributed by atoms with E-state index in [0.29, 0.717) is 25.4 Å². The van der Waals surface area contributed by atoms with Gasteiger partial charge < -0.3 is 18.9 Å². The Kier molecular flexibility index (Phi) is 8.80. The monoisotopic (exact) mass is 232 g/mol. The molecule has 0 bridgehead atoms. The predicted molar refractivity (Wildman–Crippen MR) is 59.0 cm³/mol. The van der Waals surface area contributed by atoms with Crippen LogP contribution in [0.25, 0.3) is 0 Å². The third-order valence-electron chi connectivity index (χ3n) is 1.75. The fraction of sp³-hybridized carbons (Fsp3) is 0.727. The molecule has 0 saturated heterocycles. The van der Waals surface area contributed by atoms with E-state index in [1.54, 1.807) is 21.0 Å². The fourth-order valence-electron chi connectivity index (χ4n) is 0.828. The fourth-order valence-corrected chi connectivity index (χ4v) is 0.828. The molecule has 94 valence electrons. The molecule has 0 amide bonds. The van der Waals surface area contributed by atoms with E-state index in [9.17, 15) is 4.79 Å². The van der Waals surface area contributed by atoms with Gasteiger partial charge in [0, 0.05) is 7.11 Å². The maximum Gasteiger partial charge on any atom is 0.335 e. The Labute approximate surface area is 96.3 Å². The van der Waals surface area contributed by atoms with Gasteiger partial charge in [-0.05, 0) is 13.8 Å². The molecule has 0 aliphatic heterocycles. The van der Waals surface area contributed by atoms with Gasteiger partial charge in [-0.15, -0.1) is 0 Å². The summed E-state index contributed by atoms with van der Waals surface area (Å²) in [7, 11) is 1.56. The van der Waals surface area contributed by atoms with E-state index in [-0.39, 0.29) is 12.9 Å². The van der Waals surface area contributed by atoms with Crippen LogP contribution in [0.5, 0.6) is 0 Å². The van der Waals surface area contributed by atoms with Crippen LogP contribution in [-0.2, 0) is 23.7 Å². The zero-order valence-electron chi connectivity index (χ0n) is 10.2. The lowest BCUT2D eigenvalue weighted by Crippen LogP contribution is -2.16. The van der Waals surface area contributed by atoms with Gasteiger partial charge in [0.05, 0.1) is 32.0 Å². The van der Waals surface area contributed by atoms with E-state index < -0.39 is 5.97 Å². The van der Waals surface area contributed by atoms with Crippen molar-refractivity contribution in [2.45, 2.75) is 20.1 Å². The number of hydrogen-bond acceptors (Lipinski definition) is 5. The number of ether oxygens (including phenoxy) is 4. The van der Waals surface area contributed by atoms with E-state index in [4.69, 9.17) is 18.9 Å². The second kappa shape index (κ2) is 9.33. The maximum absolute atomic E-state index is 11.1. The lowest BCUT2D eigenvalue weighted by Gasteiger charge is -2.11. The Bertz CT molecular complexity index is 214. The lowest BCUT2D eigenvalue weighted by molar-refractivity contribution is -0.139. The Morgan fingerprint density at radius 1 is 1.38 bits per heavy atom. The second-order valence-corrected chi connectivity index (χ2v) is 3.05. The molecular formula is C11H20O5. The van der Waals surface area contributed by atoms with E-state index in [2.05, 4.69) is 6.58 Å². The number of carbonyl (C=O) groups excluding carboxylic acids is 1. The normalized spacial score (nSPS) is 12.2. The lowest BCUT2D eigenvalue weighted by atomic mass is 10.3. The highest BCUT2D eigenvalue weighted by Crippen LogP contribution is 1.96. The zero-order chi connectivity index (χ0) is 12.4. The van der Waals surface area contributed by atoms with Crippen LogP contribution in [0.3, 0.4) is 0 Å². The Balaban J connectivity index is 3.44. The number of esters is 1. The molecule has 0 aliphatic carbocycles. The third kappa shape index (κ3) is 7.39. The Hall–Kier alpha value is -0.910. The van der Waals surface area contributed by atoms with E-state index >= 15 is 0 Å². The summed E-state index contributed by atoms with van der Waals surface area (Å²) in [4.78, 5) is 11.1. The van der Waals surface area contributed by atoms with Crippen LogP contribution in [0, 0.1) is 0 Å². The summed E-state index contributed by atoms with van der Waals surface area (Å²) in [6.07, 6.45) is -0.253. The van der Waals surface area contributed by atoms with Crippen LogP contribution < -0.4 is 0 Å². The van der Waals surface area contributed by atoms with Gasteiger partial charge in [-0.3, -0.25) is 0 Å². The molecule has 0 aromatic carbocycles. The van der Waals surface area contributed by atoms with Crippen LogP contribution in [0.4, 0.5) is 0 Å². The van der Waals surface area contributed by atoms with Gasteiger partial charge in [0.2, 0.25) is 0 Å². The summed E-state index contributed by atoms with van der Waals surface area (Å²) >= 11 is 0. The first-order valence-corrected chi connectivity index (χ1v) is 5.18. The van der Waals surface area contributed by atoms with Crippen LogP contribution in [0.2, 0.25) is 0 Å². The minimum Gasteiger partial charge on any atom is -0.463 e. The van der Waals surface area contributed by atoms with Crippen LogP contribution >= 0.6 is 0 Å². The van der Waals surface area contributed by atoms with E-state index in [0.717, 1.165) is 0 Å². The summed E-state index contributed by atoms with van der Waals surface area (Å²) < 4.78 is 20.0. The van der Waals surface area contributed by atoms with Crippen LogP contribution in [-0.4, -0.2) is 45.8 Å². The summed E-state index contributed by atoms with van der Waals surface area (Å²) in [6.45, 7) is 8.37. The molecular weight excluding hydrogens is 212 g/mol. The van der Waals surface area contributed by atoms with Gasteiger partial charge in [-0.25, -0.2) is 4.79 Å². The average molecular weight is 232 g/mol. The van der Waals surface area contributed by atoms with Crippen molar-refractivity contribution < 1.29 is 23.7 Å². The molecule has 0 heterocycles. The highest BCUT2D eigenvalue weighted by Gasteiger charge is 2.07. The number of rotatable bonds is 9. The Morgan fingerprint density at radius 2 is 2.06 bits per heavy atom. The number of hydrogen-bond donors (Lipinski definition) is 0. The Morgan fingerprint density at radius 3 is 2.62 bits per heavy atom. The van der Waals surface area contributed by atoms with Gasteiger partial charge >= 0.3 is 5.97 Å². The van der Waals surface area contributed by atoms with E-state index in [1.165, 1.54) is 0 Å². The largest absolute Gasteiger partial charge is 0.463 e. The molecule has 0 aliphatic rings. The van der Waals surface area contributed by atoms with Crippen LogP contribution in [0.15, 0.2) is 12.2 Å². The van der Waals surface area contributed by atoms with Crippen LogP contribution in [0.1, 0.15) is 13.8 Å². The molecule has 5 heteroatoms. The summed E-state index contributed by atoms with van der Waals surface area (Å²) in [5.74, 6) is -0.423. The van der Waals surface area contributed by atoms with Crippen molar-refractivity contribution in [1.29, 1.82) is 0 Å². The molecule has 0 saturated carbocycles. The minimum absolute atomic E-state index is 0.156. The second-order valence-electron chi connectivity index (χ2n) is 3.05. The van der Waals surface area contributed by atoms with Crippen molar-refractivity contribution in [2.24, 2.45) is 0 Å². The molecule has 0 spiro atoms. The maximum atomic E-state index is 11.1. The highest BCUT2D eigenvalue weighted by atomic mass is 16.7. The predicted octanol–water partition coefficient (Wildman–Crippen LogP) is 1.13. The average Bonchev–Trinajstić information content (AvgIpc) is 2.28. The third-order valence-corrected chi connectivity index (χ3v) is 1.75. The summed E-state index contributed by atoms with van der Waals surface area (Å²) in [5.41, 5.74) is 0.307. The standard InChI is InChI=1S/C11H20O5/c1-5-15-11(12)9(2)8-14-6-7-16-10(3)13-4/h10H,2,5-8H2,1,3-4H3. The van der Waals surface area contributed by atoms with Gasteiger partial charge in [-0.1, -0.05) is 6.58 Å². The molecule has 1 unspecified atom stereocenters. The minimum atomic E-state index is -0.423. The molecule has 1 atom stereocenters. The smallest absolute Gasteiger partial charge is 0.335 e. The van der Waals surface area contributed by atoms with Gasteiger partial charge in [0.1, 0.15) is 0 Å². The molecule has 0 aromatic heterocycles. The van der Waals surface area contributed by atoms with Crippen molar-refractivity contribution >= 4 is 5.97 Å². The first-order chi connectivity index (χ1) is 7.61. The number of methoxy groups -OCH3 is 1. The van der Waals surface area contributed by atoms with Crippen molar-refractivity contribution in [3.8, 4) is 0 Å². The first-order valence-electron chi connectivity index (χ1n) is 5.18. The molecule has 0 rings (SSSR count). The zero-order valence-corrected chi connectivity index (χ0v) is 10.2. The molecule has 0 N–H and O–H groups in total. The van der Waals surface area contributed by atoms with Crippen molar-refractivity contribution in [3.05, 3.63) is 12.2 Å². The van der Waals surface area contributed by atoms with Crippen molar-refractivity contribution in [3.63, 3.8) is 0 Å². The van der Waals surface area contributed by atoms with Gasteiger partial charge in [0.15, 0.2) is 6.29 Å². The summed E-state index contributed by atoms with van der Waals surface area (Å²) in [6, 6.07) is 0. The highest BCUT2D eigenvalue weighted by molar-refractivity contribution is 5.87. The number of carbonyl (C=O) groups is 1. The van der Waals surface area contributed by atoms with Crippen molar-refractivity contribution in [1.82, 2.24) is 0 Å². The molecule has 0 radical (unpaired) electrons. The molecule has 0 fully saturated rings. The molecule has 0 aromatic rings. The van der Waals surface area contributed by atoms with E-state index in [1.807, 2.05) is 0 Å². The van der Waals surface area contributed by atoms with Gasteiger partial charge in [0.25, 0.3) is 0 Å². The first kappa shape index (κ1) is 15.1.